The van der Waals surface area contributed by atoms with Gasteiger partial charge in [-0.15, -0.1) is 0 Å². The van der Waals surface area contributed by atoms with Crippen LogP contribution in [0.15, 0.2) is 6.33 Å². The number of aromatic nitrogens is 2. The second-order valence-corrected chi connectivity index (χ2v) is 5.43. The largest absolute Gasteiger partial charge is 0.378 e. The minimum absolute atomic E-state index is 0.0862. The Morgan fingerprint density at radius 1 is 1.37 bits per heavy atom. The molecule has 0 unspecified atom stereocenters. The van der Waals surface area contributed by atoms with Crippen molar-refractivity contribution in [2.24, 2.45) is 17.8 Å². The molecule has 0 atom stereocenters. The summed E-state index contributed by atoms with van der Waals surface area (Å²) in [6, 6.07) is 0. The van der Waals surface area contributed by atoms with Crippen LogP contribution in [-0.2, 0) is 0 Å². The SMILES string of the molecule is Nc1ncnc(NCC(C2CC2)C2CC2)c1[N+](=O)[O-]. The molecule has 2 aliphatic rings. The summed E-state index contributed by atoms with van der Waals surface area (Å²) in [6.45, 7) is 0.743. The second kappa shape index (κ2) is 4.64. The lowest BCUT2D eigenvalue weighted by Gasteiger charge is -2.16. The third-order valence-electron chi connectivity index (χ3n) is 3.99. The van der Waals surface area contributed by atoms with Crippen LogP contribution in [0.25, 0.3) is 0 Å². The summed E-state index contributed by atoms with van der Waals surface area (Å²) < 4.78 is 0. The Kier molecular flexibility index (Phi) is 2.96. The molecule has 0 spiro atoms. The third kappa shape index (κ3) is 2.59. The Morgan fingerprint density at radius 3 is 2.53 bits per heavy atom. The lowest BCUT2D eigenvalue weighted by Crippen LogP contribution is -2.19. The predicted molar refractivity (Wildman–Crippen MR) is 70.5 cm³/mol. The smallest absolute Gasteiger partial charge is 0.352 e. The summed E-state index contributed by atoms with van der Waals surface area (Å²) in [5, 5.41) is 14.1. The van der Waals surface area contributed by atoms with Crippen molar-refractivity contribution < 1.29 is 4.92 Å². The van der Waals surface area contributed by atoms with E-state index < -0.39 is 4.92 Å². The van der Waals surface area contributed by atoms with E-state index in [0.29, 0.717) is 5.92 Å². The molecule has 1 heterocycles. The zero-order chi connectivity index (χ0) is 13.4. The van der Waals surface area contributed by atoms with E-state index in [1.165, 1.54) is 32.0 Å². The van der Waals surface area contributed by atoms with Gasteiger partial charge in [0.1, 0.15) is 6.33 Å². The molecule has 1 aromatic heterocycles. The Bertz CT molecular complexity index is 487. The molecule has 2 aliphatic carbocycles. The molecule has 2 saturated carbocycles. The van der Waals surface area contributed by atoms with Crippen molar-refractivity contribution in [1.29, 1.82) is 0 Å². The van der Waals surface area contributed by atoms with Gasteiger partial charge in [-0.1, -0.05) is 0 Å². The van der Waals surface area contributed by atoms with Crippen molar-refractivity contribution in [3.05, 3.63) is 16.4 Å². The summed E-state index contributed by atoms with van der Waals surface area (Å²) in [5.41, 5.74) is 5.33. The number of nitrogens with two attached hydrogens (primary N) is 1. The van der Waals surface area contributed by atoms with Crippen LogP contribution < -0.4 is 11.1 Å². The summed E-state index contributed by atoms with van der Waals surface area (Å²) >= 11 is 0. The van der Waals surface area contributed by atoms with Gasteiger partial charge in [-0.2, -0.15) is 0 Å². The van der Waals surface area contributed by atoms with Gasteiger partial charge < -0.3 is 11.1 Å². The van der Waals surface area contributed by atoms with E-state index in [1.54, 1.807) is 0 Å². The first-order valence-corrected chi connectivity index (χ1v) is 6.65. The number of hydrogen-bond acceptors (Lipinski definition) is 6. The summed E-state index contributed by atoms with van der Waals surface area (Å²) in [7, 11) is 0. The molecule has 3 N–H and O–H groups in total. The highest BCUT2D eigenvalue weighted by atomic mass is 16.6. The Balaban J connectivity index is 1.72. The molecule has 19 heavy (non-hydrogen) atoms. The number of hydrogen-bond donors (Lipinski definition) is 2. The number of rotatable bonds is 6. The van der Waals surface area contributed by atoms with Crippen molar-refractivity contribution in [2.75, 3.05) is 17.6 Å². The number of anilines is 2. The minimum atomic E-state index is -0.527. The average Bonchev–Trinajstić information content (AvgIpc) is 3.23. The van der Waals surface area contributed by atoms with E-state index in [9.17, 15) is 10.1 Å². The van der Waals surface area contributed by atoms with Crippen molar-refractivity contribution in [3.8, 4) is 0 Å². The van der Waals surface area contributed by atoms with Crippen LogP contribution >= 0.6 is 0 Å². The molecule has 2 fully saturated rings. The lowest BCUT2D eigenvalue weighted by molar-refractivity contribution is -0.383. The van der Waals surface area contributed by atoms with Gasteiger partial charge in [-0.25, -0.2) is 9.97 Å². The fourth-order valence-corrected chi connectivity index (χ4v) is 2.68. The topological polar surface area (TPSA) is 107 Å². The van der Waals surface area contributed by atoms with Crippen LogP contribution in [0.2, 0.25) is 0 Å². The monoisotopic (exact) mass is 263 g/mol. The quantitative estimate of drug-likeness (QED) is 0.598. The summed E-state index contributed by atoms with van der Waals surface area (Å²) in [5.74, 6) is 2.35. The number of nitrogens with one attached hydrogen (secondary N) is 1. The molecular formula is C12H17N5O2. The van der Waals surface area contributed by atoms with E-state index in [4.69, 9.17) is 5.73 Å². The third-order valence-corrected chi connectivity index (χ3v) is 3.99. The highest BCUT2D eigenvalue weighted by Gasteiger charge is 2.41. The molecule has 1 aromatic rings. The number of nitro groups is 1. The van der Waals surface area contributed by atoms with Crippen LogP contribution in [0.3, 0.4) is 0 Å². The first-order valence-electron chi connectivity index (χ1n) is 6.65. The van der Waals surface area contributed by atoms with Gasteiger partial charge in [-0.3, -0.25) is 10.1 Å². The van der Waals surface area contributed by atoms with Gasteiger partial charge in [0.15, 0.2) is 0 Å². The molecule has 102 valence electrons. The first-order chi connectivity index (χ1) is 9.16. The molecule has 0 amide bonds. The van der Waals surface area contributed by atoms with Crippen LogP contribution in [0, 0.1) is 27.9 Å². The average molecular weight is 263 g/mol. The van der Waals surface area contributed by atoms with Gasteiger partial charge in [0.25, 0.3) is 0 Å². The molecule has 0 bridgehead atoms. The highest BCUT2D eigenvalue weighted by Crippen LogP contribution is 2.49. The van der Waals surface area contributed by atoms with Gasteiger partial charge in [0, 0.05) is 6.54 Å². The molecular weight excluding hydrogens is 246 g/mol. The van der Waals surface area contributed by atoms with E-state index in [2.05, 4.69) is 15.3 Å². The van der Waals surface area contributed by atoms with Crippen molar-refractivity contribution in [3.63, 3.8) is 0 Å². The van der Waals surface area contributed by atoms with Crippen molar-refractivity contribution in [2.45, 2.75) is 25.7 Å². The summed E-state index contributed by atoms with van der Waals surface area (Å²) in [4.78, 5) is 18.1. The first kappa shape index (κ1) is 12.1. The molecule has 0 aliphatic heterocycles. The fraction of sp³-hybridized carbons (Fsp3) is 0.667. The maximum Gasteiger partial charge on any atom is 0.352 e. The molecule has 7 heteroatoms. The predicted octanol–water partition coefficient (Wildman–Crippen LogP) is 1.82. The number of nitrogen functional groups attached to an aromatic ring is 1. The Labute approximate surface area is 110 Å². The Hall–Kier alpha value is -1.92. The lowest BCUT2D eigenvalue weighted by atomic mass is 9.98. The van der Waals surface area contributed by atoms with Crippen molar-refractivity contribution in [1.82, 2.24) is 9.97 Å². The van der Waals surface area contributed by atoms with Gasteiger partial charge in [-0.05, 0) is 43.4 Å². The van der Waals surface area contributed by atoms with Crippen LogP contribution in [-0.4, -0.2) is 21.4 Å². The van der Waals surface area contributed by atoms with E-state index >= 15 is 0 Å². The molecule has 0 aromatic carbocycles. The molecule has 0 saturated heterocycles. The van der Waals surface area contributed by atoms with Crippen LogP contribution in [0.5, 0.6) is 0 Å². The number of nitrogens with zero attached hydrogens (tertiary/aromatic N) is 3. The standard InChI is InChI=1S/C12H17N5O2/c13-11-10(17(18)19)12(16-6-15-11)14-5-9(7-1-2-7)8-3-4-8/h6-9H,1-5H2,(H3,13,14,15,16). The zero-order valence-corrected chi connectivity index (χ0v) is 10.6. The Morgan fingerprint density at radius 2 is 2.00 bits per heavy atom. The normalized spacial score (nSPS) is 18.6. The molecule has 3 rings (SSSR count). The van der Waals surface area contributed by atoms with Gasteiger partial charge in [0.2, 0.25) is 11.6 Å². The molecule has 7 nitrogen and oxygen atoms in total. The maximum absolute atomic E-state index is 11.0. The van der Waals surface area contributed by atoms with E-state index in [0.717, 1.165) is 18.4 Å². The maximum atomic E-state index is 11.0. The second-order valence-electron chi connectivity index (χ2n) is 5.43. The van der Waals surface area contributed by atoms with E-state index in [1.807, 2.05) is 0 Å². The molecule has 0 radical (unpaired) electrons. The fourth-order valence-electron chi connectivity index (χ4n) is 2.68. The minimum Gasteiger partial charge on any atom is -0.378 e. The highest BCUT2D eigenvalue weighted by molar-refractivity contribution is 5.67. The van der Waals surface area contributed by atoms with Crippen molar-refractivity contribution >= 4 is 17.3 Å². The van der Waals surface area contributed by atoms with Crippen LogP contribution in [0.4, 0.5) is 17.3 Å². The van der Waals surface area contributed by atoms with Gasteiger partial charge >= 0.3 is 5.69 Å². The summed E-state index contributed by atoms with van der Waals surface area (Å²) in [6.07, 6.45) is 6.41. The van der Waals surface area contributed by atoms with Gasteiger partial charge in [0.05, 0.1) is 4.92 Å². The van der Waals surface area contributed by atoms with Crippen LogP contribution in [0.1, 0.15) is 25.7 Å². The van der Waals surface area contributed by atoms with E-state index in [-0.39, 0.29) is 17.3 Å². The zero-order valence-electron chi connectivity index (χ0n) is 10.6.